The number of benzene rings is 2. The zero-order valence-electron chi connectivity index (χ0n) is 9.67. The van der Waals surface area contributed by atoms with Gasteiger partial charge in [0.25, 0.3) is 5.22 Å². The van der Waals surface area contributed by atoms with Crippen LogP contribution in [0.1, 0.15) is 5.56 Å². The molecule has 0 spiro atoms. The Labute approximate surface area is 109 Å². The van der Waals surface area contributed by atoms with Crippen LogP contribution in [0.15, 0.2) is 58.2 Å². The van der Waals surface area contributed by atoms with Crippen LogP contribution in [0.4, 0.5) is 5.69 Å². The Morgan fingerprint density at radius 3 is 2.67 bits per heavy atom. The summed E-state index contributed by atoms with van der Waals surface area (Å²) in [6, 6.07) is 15.6. The molecule has 0 radical (unpaired) electrons. The Balaban J connectivity index is 1.79. The summed E-state index contributed by atoms with van der Waals surface area (Å²) in [5.41, 5.74) is 9.51. The third kappa shape index (κ3) is 2.19. The second-order valence-corrected chi connectivity index (χ2v) is 4.86. The first-order chi connectivity index (χ1) is 8.83. The summed E-state index contributed by atoms with van der Waals surface area (Å²) in [7, 11) is 0. The fourth-order valence-corrected chi connectivity index (χ4v) is 2.57. The lowest BCUT2D eigenvalue weighted by atomic mass is 10.2. The minimum absolute atomic E-state index is 0.680. The van der Waals surface area contributed by atoms with Crippen molar-refractivity contribution in [3.63, 3.8) is 0 Å². The Hall–Kier alpha value is -1.94. The maximum Gasteiger partial charge on any atom is 0.257 e. The van der Waals surface area contributed by atoms with E-state index in [1.807, 2.05) is 48.5 Å². The number of anilines is 1. The lowest BCUT2D eigenvalue weighted by molar-refractivity contribution is 0.489. The van der Waals surface area contributed by atoms with Crippen LogP contribution in [0, 0.1) is 0 Å². The predicted octanol–water partition coefficient (Wildman–Crippen LogP) is 3.70. The number of oxazole rings is 1. The van der Waals surface area contributed by atoms with Gasteiger partial charge in [-0.15, -0.1) is 0 Å². The monoisotopic (exact) mass is 256 g/mol. The van der Waals surface area contributed by atoms with Crippen molar-refractivity contribution in [3.05, 3.63) is 54.1 Å². The minimum Gasteiger partial charge on any atom is -0.431 e. The summed E-state index contributed by atoms with van der Waals surface area (Å²) in [5.74, 6) is 0.763. The molecule has 2 aromatic carbocycles. The number of nitrogens with zero attached hydrogens (tertiary/aromatic N) is 1. The van der Waals surface area contributed by atoms with Crippen molar-refractivity contribution < 1.29 is 4.42 Å². The van der Waals surface area contributed by atoms with E-state index in [-0.39, 0.29) is 0 Å². The number of rotatable bonds is 3. The van der Waals surface area contributed by atoms with E-state index in [2.05, 4.69) is 4.98 Å². The fourth-order valence-electron chi connectivity index (χ4n) is 1.72. The number of para-hydroxylation sites is 3. The molecule has 0 aliphatic heterocycles. The second-order valence-electron chi connectivity index (χ2n) is 3.93. The summed E-state index contributed by atoms with van der Waals surface area (Å²) < 4.78 is 5.64. The van der Waals surface area contributed by atoms with Crippen molar-refractivity contribution in [2.75, 3.05) is 5.73 Å². The van der Waals surface area contributed by atoms with Crippen LogP contribution in [-0.2, 0) is 5.75 Å². The molecule has 0 bridgehead atoms. The van der Waals surface area contributed by atoms with E-state index in [1.54, 1.807) is 11.8 Å². The highest BCUT2D eigenvalue weighted by Gasteiger charge is 2.06. The number of aromatic nitrogens is 1. The number of thioether (sulfide) groups is 1. The van der Waals surface area contributed by atoms with Crippen molar-refractivity contribution in [1.29, 1.82) is 0 Å². The number of nitrogen functional groups attached to an aromatic ring is 1. The molecule has 1 heterocycles. The van der Waals surface area contributed by atoms with Gasteiger partial charge in [0.2, 0.25) is 0 Å². The highest BCUT2D eigenvalue weighted by Crippen LogP contribution is 2.27. The zero-order chi connectivity index (χ0) is 12.4. The summed E-state index contributed by atoms with van der Waals surface area (Å²) in [6.45, 7) is 0. The van der Waals surface area contributed by atoms with Gasteiger partial charge in [-0.3, -0.25) is 0 Å². The van der Waals surface area contributed by atoms with Gasteiger partial charge in [0.1, 0.15) is 5.52 Å². The van der Waals surface area contributed by atoms with Crippen LogP contribution >= 0.6 is 11.8 Å². The highest BCUT2D eigenvalue weighted by atomic mass is 32.2. The standard InChI is InChI=1S/C14H12N2OS/c15-11-6-2-1-5-10(11)9-18-14-16-12-7-3-4-8-13(12)17-14/h1-8H,9,15H2. The molecule has 0 saturated heterocycles. The molecule has 2 N–H and O–H groups in total. The van der Waals surface area contributed by atoms with Crippen LogP contribution in [0.25, 0.3) is 11.1 Å². The molecule has 0 atom stereocenters. The van der Waals surface area contributed by atoms with Gasteiger partial charge in [-0.2, -0.15) is 0 Å². The molecule has 3 rings (SSSR count). The Kier molecular flexibility index (Phi) is 2.94. The van der Waals surface area contributed by atoms with Crippen LogP contribution < -0.4 is 5.73 Å². The molecule has 90 valence electrons. The summed E-state index contributed by atoms with van der Waals surface area (Å²) in [4.78, 5) is 4.41. The van der Waals surface area contributed by atoms with Gasteiger partial charge in [0.05, 0.1) is 0 Å². The normalized spacial score (nSPS) is 10.9. The zero-order valence-corrected chi connectivity index (χ0v) is 10.5. The maximum atomic E-state index is 5.90. The summed E-state index contributed by atoms with van der Waals surface area (Å²) >= 11 is 1.56. The number of fused-ring (bicyclic) bond motifs is 1. The first-order valence-corrected chi connectivity index (χ1v) is 6.63. The second kappa shape index (κ2) is 4.74. The molecule has 4 heteroatoms. The van der Waals surface area contributed by atoms with Gasteiger partial charge >= 0.3 is 0 Å². The molecule has 18 heavy (non-hydrogen) atoms. The molecule has 0 unspecified atom stereocenters. The quantitative estimate of drug-likeness (QED) is 0.573. The van der Waals surface area contributed by atoms with Crippen molar-refractivity contribution in [3.8, 4) is 0 Å². The van der Waals surface area contributed by atoms with Gasteiger partial charge < -0.3 is 10.2 Å². The van der Waals surface area contributed by atoms with Crippen LogP contribution in [-0.4, -0.2) is 4.98 Å². The average Bonchev–Trinajstić information content (AvgIpc) is 2.80. The fraction of sp³-hybridized carbons (Fsp3) is 0.0714. The number of hydrogen-bond acceptors (Lipinski definition) is 4. The van der Waals surface area contributed by atoms with Crippen LogP contribution in [0.2, 0.25) is 0 Å². The first-order valence-electron chi connectivity index (χ1n) is 5.65. The number of hydrogen-bond donors (Lipinski definition) is 1. The van der Waals surface area contributed by atoms with E-state index in [0.717, 1.165) is 28.1 Å². The molecular formula is C14H12N2OS. The molecule has 0 amide bonds. The largest absolute Gasteiger partial charge is 0.431 e. The molecular weight excluding hydrogens is 244 g/mol. The smallest absolute Gasteiger partial charge is 0.257 e. The van der Waals surface area contributed by atoms with Gasteiger partial charge in [-0.05, 0) is 23.8 Å². The van der Waals surface area contributed by atoms with Crippen molar-refractivity contribution in [2.45, 2.75) is 11.0 Å². The SMILES string of the molecule is Nc1ccccc1CSc1nc2ccccc2o1. The summed E-state index contributed by atoms with van der Waals surface area (Å²) in [6.07, 6.45) is 0. The van der Waals surface area contributed by atoms with Gasteiger partial charge in [-0.25, -0.2) is 4.98 Å². The van der Waals surface area contributed by atoms with Gasteiger partial charge in [0.15, 0.2) is 5.58 Å². The van der Waals surface area contributed by atoms with Crippen LogP contribution in [0.3, 0.4) is 0 Å². The van der Waals surface area contributed by atoms with Crippen molar-refractivity contribution in [1.82, 2.24) is 4.98 Å². The van der Waals surface area contributed by atoms with Crippen molar-refractivity contribution >= 4 is 28.5 Å². The molecule has 3 aromatic rings. The van der Waals surface area contributed by atoms with E-state index in [9.17, 15) is 0 Å². The lowest BCUT2D eigenvalue weighted by Gasteiger charge is -2.02. The molecule has 0 saturated carbocycles. The van der Waals surface area contributed by atoms with Gasteiger partial charge in [-0.1, -0.05) is 42.1 Å². The first kappa shape index (κ1) is 11.2. The van der Waals surface area contributed by atoms with Crippen LogP contribution in [0.5, 0.6) is 0 Å². The minimum atomic E-state index is 0.680. The van der Waals surface area contributed by atoms with E-state index in [1.165, 1.54) is 0 Å². The predicted molar refractivity (Wildman–Crippen MR) is 74.4 cm³/mol. The molecule has 0 fully saturated rings. The topological polar surface area (TPSA) is 52.0 Å². The Morgan fingerprint density at radius 1 is 1.06 bits per heavy atom. The van der Waals surface area contributed by atoms with E-state index in [4.69, 9.17) is 10.2 Å². The molecule has 3 nitrogen and oxygen atoms in total. The maximum absolute atomic E-state index is 5.90. The molecule has 0 aliphatic rings. The van der Waals surface area contributed by atoms with Crippen molar-refractivity contribution in [2.24, 2.45) is 0 Å². The average molecular weight is 256 g/mol. The lowest BCUT2D eigenvalue weighted by Crippen LogP contribution is -1.91. The molecule has 1 aromatic heterocycles. The highest BCUT2D eigenvalue weighted by molar-refractivity contribution is 7.98. The van der Waals surface area contributed by atoms with E-state index >= 15 is 0 Å². The Morgan fingerprint density at radius 2 is 1.83 bits per heavy atom. The molecule has 0 aliphatic carbocycles. The van der Waals surface area contributed by atoms with E-state index < -0.39 is 0 Å². The third-order valence-electron chi connectivity index (χ3n) is 2.68. The van der Waals surface area contributed by atoms with Gasteiger partial charge in [0, 0.05) is 11.4 Å². The van der Waals surface area contributed by atoms with E-state index in [0.29, 0.717) is 5.22 Å². The number of nitrogens with two attached hydrogens (primary N) is 1. The Bertz CT molecular complexity index is 645. The third-order valence-corrected chi connectivity index (χ3v) is 3.56. The summed E-state index contributed by atoms with van der Waals surface area (Å²) in [5, 5.41) is 0.680.